The Morgan fingerprint density at radius 1 is 0.404 bits per heavy atom. The first-order chi connectivity index (χ1) is 43.3. The number of hydrogen-bond donors (Lipinski definition) is 2. The van der Waals surface area contributed by atoms with E-state index in [1.54, 1.807) is 55.6 Å². The third-order valence-corrected chi connectivity index (χ3v) is 16.6. The number of methoxy groups -OCH3 is 1. The molecule has 5 fully saturated rings. The lowest BCUT2D eigenvalue weighted by Crippen LogP contribution is -2.47. The normalized spacial score (nSPS) is 16.6. The van der Waals surface area contributed by atoms with Gasteiger partial charge in [0.15, 0.2) is 29.0 Å². The Bertz CT molecular complexity index is 3160. The fraction of sp³-hybridized carbons (Fsp3) is 0.456. The number of rotatable bonds is 14. The van der Waals surface area contributed by atoms with E-state index >= 15 is 0 Å². The third kappa shape index (κ3) is 19.7. The van der Waals surface area contributed by atoms with Crippen LogP contribution in [0.5, 0.6) is 11.5 Å². The standard InChI is InChI=1S/C14H18FN3O.C14H16FN3.C14H19N3O.C13H16FN3.C13H17N3O/c1-19-10-9-17-5-7-18(8-6-17)13-4-2-3-12(11-16)14(13)15;1-2-6-17-7-9-18(10-8-17)13-5-3-4-12(11-16)14(13)15;1-2-6-16-7-9-17(10-8-16)13-5-3-4-12(11-15)14(13)18;1-2-16-6-8-17(9-7-16)12-5-3-4-11(10-15)13(12)14;1-2-15-6-8-16(9-7-15)12-5-3-4-11(10-14)13(12)17/h2-4H,5-10H2,1H3;2-5H,1,6-10H2;3-5,18H,2,6-10H2,1H3;3-5H,2,6-9H2,1H3;3-5,17H,2,6-9H2,1H3. The summed E-state index contributed by atoms with van der Waals surface area (Å²) in [5, 5.41) is 64.3. The van der Waals surface area contributed by atoms with E-state index in [0.29, 0.717) is 28.2 Å². The van der Waals surface area contributed by atoms with Crippen LogP contribution in [0, 0.1) is 74.1 Å². The summed E-state index contributed by atoms with van der Waals surface area (Å²) in [7, 11) is 1.69. The van der Waals surface area contributed by atoms with E-state index in [1.165, 1.54) is 24.6 Å². The van der Waals surface area contributed by atoms with E-state index < -0.39 is 11.6 Å². The number of hydrogen-bond acceptors (Lipinski definition) is 18. The molecule has 5 aliphatic rings. The van der Waals surface area contributed by atoms with Crippen LogP contribution in [-0.4, -0.2) is 212 Å². The molecule has 89 heavy (non-hydrogen) atoms. The molecular weight excluding hydrogens is 1130 g/mol. The predicted octanol–water partition coefficient (Wildman–Crippen LogP) is 8.51. The molecule has 0 saturated carbocycles. The lowest BCUT2D eigenvalue weighted by atomic mass is 10.1. The summed E-state index contributed by atoms with van der Waals surface area (Å²) in [6.07, 6.45) is 3.06. The quantitative estimate of drug-likeness (QED) is 0.100. The summed E-state index contributed by atoms with van der Waals surface area (Å²) in [6.45, 7) is 33.8. The molecule has 18 nitrogen and oxygen atoms in total. The average Bonchev–Trinajstić information content (AvgIpc) is 2.57. The number of phenols is 2. The van der Waals surface area contributed by atoms with Crippen LogP contribution in [0.3, 0.4) is 0 Å². The Morgan fingerprint density at radius 3 is 0.955 bits per heavy atom. The van der Waals surface area contributed by atoms with Crippen LogP contribution < -0.4 is 24.5 Å². The van der Waals surface area contributed by atoms with Crippen LogP contribution in [0.4, 0.5) is 41.6 Å². The van der Waals surface area contributed by atoms with Crippen LogP contribution in [0.25, 0.3) is 0 Å². The molecule has 5 aliphatic heterocycles. The Kier molecular flexibility index (Phi) is 28.7. The van der Waals surface area contributed by atoms with Crippen molar-refractivity contribution in [2.45, 2.75) is 27.2 Å². The molecule has 0 amide bonds. The molecule has 0 bridgehead atoms. The van der Waals surface area contributed by atoms with Gasteiger partial charge in [0, 0.05) is 151 Å². The zero-order chi connectivity index (χ0) is 64.1. The summed E-state index contributed by atoms with van der Waals surface area (Å²) in [6, 6.07) is 35.3. The minimum atomic E-state index is -0.407. The lowest BCUT2D eigenvalue weighted by molar-refractivity contribution is 0.144. The van der Waals surface area contributed by atoms with Gasteiger partial charge < -0.3 is 49.2 Å². The Labute approximate surface area is 525 Å². The number of ether oxygens (including phenoxy) is 1. The maximum absolute atomic E-state index is 14.1. The minimum absolute atomic E-state index is 0.110. The fourth-order valence-corrected chi connectivity index (χ4v) is 11.2. The molecule has 0 spiro atoms. The van der Waals surface area contributed by atoms with Crippen molar-refractivity contribution in [1.29, 1.82) is 26.3 Å². The van der Waals surface area contributed by atoms with Gasteiger partial charge in [0.05, 0.1) is 62.9 Å². The van der Waals surface area contributed by atoms with Gasteiger partial charge in [-0.1, -0.05) is 57.2 Å². The van der Waals surface area contributed by atoms with Gasteiger partial charge in [0.1, 0.15) is 30.3 Å². The Balaban J connectivity index is 0.000000177. The van der Waals surface area contributed by atoms with Crippen molar-refractivity contribution in [3.63, 3.8) is 0 Å². The van der Waals surface area contributed by atoms with E-state index in [2.05, 4.69) is 61.6 Å². The van der Waals surface area contributed by atoms with E-state index in [9.17, 15) is 23.4 Å². The Morgan fingerprint density at radius 2 is 0.674 bits per heavy atom. The fourth-order valence-electron chi connectivity index (χ4n) is 11.2. The highest BCUT2D eigenvalue weighted by molar-refractivity contribution is 5.65. The first-order valence-electron chi connectivity index (χ1n) is 30.8. The molecule has 5 aromatic carbocycles. The molecule has 5 saturated heterocycles. The van der Waals surface area contributed by atoms with Crippen LogP contribution >= 0.6 is 0 Å². The van der Waals surface area contributed by atoms with E-state index in [0.717, 1.165) is 182 Å². The van der Waals surface area contributed by atoms with Crippen LogP contribution in [0.1, 0.15) is 55.0 Å². The molecular formula is C68H86F3N15O3. The maximum Gasteiger partial charge on any atom is 0.164 e. The van der Waals surface area contributed by atoms with E-state index in [4.69, 9.17) is 31.0 Å². The van der Waals surface area contributed by atoms with Crippen LogP contribution in [0.15, 0.2) is 104 Å². The summed E-state index contributed by atoms with van der Waals surface area (Å²) in [4.78, 5) is 22.0. The first kappa shape index (κ1) is 69.5. The number of piperazine rings is 5. The number of anilines is 5. The van der Waals surface area contributed by atoms with Crippen LogP contribution in [0.2, 0.25) is 0 Å². The number of nitriles is 5. The smallest absolute Gasteiger partial charge is 0.164 e. The van der Waals surface area contributed by atoms with Gasteiger partial charge in [-0.2, -0.15) is 26.3 Å². The average molecular weight is 1220 g/mol. The summed E-state index contributed by atoms with van der Waals surface area (Å²) in [5.74, 6) is -0.976. The molecule has 0 aromatic heterocycles. The van der Waals surface area contributed by atoms with Gasteiger partial charge in [0.2, 0.25) is 0 Å². The summed E-state index contributed by atoms with van der Waals surface area (Å²) >= 11 is 0. The molecule has 0 radical (unpaired) electrons. The maximum atomic E-state index is 14.1. The number of likely N-dealkylation sites (N-methyl/N-ethyl adjacent to an activating group) is 2. The molecule has 0 unspecified atom stereocenters. The van der Waals surface area contributed by atoms with Crippen molar-refractivity contribution in [2.75, 3.05) is 202 Å². The third-order valence-electron chi connectivity index (χ3n) is 16.6. The van der Waals surface area contributed by atoms with Gasteiger partial charge in [0.25, 0.3) is 0 Å². The second-order valence-corrected chi connectivity index (χ2v) is 21.9. The number of phenolic OH excluding ortho intramolecular Hbond substituents is 2. The minimum Gasteiger partial charge on any atom is -0.504 e. The highest BCUT2D eigenvalue weighted by Crippen LogP contribution is 2.33. The zero-order valence-corrected chi connectivity index (χ0v) is 52.2. The van der Waals surface area contributed by atoms with Crippen molar-refractivity contribution >= 4 is 28.4 Å². The highest BCUT2D eigenvalue weighted by Gasteiger charge is 2.25. The molecule has 21 heteroatoms. The molecule has 2 N–H and O–H groups in total. The monoisotopic (exact) mass is 1220 g/mol. The number of nitrogens with zero attached hydrogens (tertiary/aromatic N) is 15. The van der Waals surface area contributed by atoms with Gasteiger partial charge in [-0.25, -0.2) is 13.2 Å². The molecule has 0 atom stereocenters. The number of aromatic hydroxyl groups is 2. The van der Waals surface area contributed by atoms with Crippen molar-refractivity contribution in [1.82, 2.24) is 24.5 Å². The van der Waals surface area contributed by atoms with Crippen LogP contribution in [-0.2, 0) is 4.74 Å². The van der Waals surface area contributed by atoms with Gasteiger partial charge in [-0.15, -0.1) is 6.58 Å². The van der Waals surface area contributed by atoms with Gasteiger partial charge >= 0.3 is 0 Å². The molecule has 5 aromatic rings. The number of halogens is 3. The summed E-state index contributed by atoms with van der Waals surface area (Å²) in [5.41, 5.74) is 4.23. The van der Waals surface area contributed by atoms with Crippen molar-refractivity contribution < 1.29 is 28.1 Å². The largest absolute Gasteiger partial charge is 0.504 e. The highest BCUT2D eigenvalue weighted by atomic mass is 19.1. The zero-order valence-electron chi connectivity index (χ0n) is 52.2. The topological polar surface area (TPSA) is 201 Å². The van der Waals surface area contributed by atoms with E-state index in [1.807, 2.05) is 75.4 Å². The molecule has 5 heterocycles. The second kappa shape index (κ2) is 36.7. The van der Waals surface area contributed by atoms with Crippen molar-refractivity contribution in [3.8, 4) is 41.8 Å². The number of para-hydroxylation sites is 2. The number of benzene rings is 5. The van der Waals surface area contributed by atoms with E-state index in [-0.39, 0.29) is 34.0 Å². The summed E-state index contributed by atoms with van der Waals surface area (Å²) < 4.78 is 47.1. The molecule has 472 valence electrons. The van der Waals surface area contributed by atoms with Gasteiger partial charge in [-0.3, -0.25) is 14.7 Å². The molecule has 10 rings (SSSR count). The van der Waals surface area contributed by atoms with Crippen molar-refractivity contribution in [3.05, 3.63) is 149 Å². The SMILES string of the molecule is C=CCN1CCN(c2cccc(C#N)c2F)CC1.CCCN1CCN(c2cccc(C#N)c2O)CC1.CCN1CCN(c2cccc(C#N)c2F)CC1.CCN1CCN(c2cccc(C#N)c2O)CC1.COCCN1CCN(c2cccc(C#N)c2F)CC1. The predicted molar refractivity (Wildman–Crippen MR) is 346 cm³/mol. The van der Waals surface area contributed by atoms with Crippen molar-refractivity contribution in [2.24, 2.45) is 0 Å². The molecule has 0 aliphatic carbocycles. The first-order valence-corrected chi connectivity index (χ1v) is 30.8. The lowest BCUT2D eigenvalue weighted by Gasteiger charge is -2.36. The van der Waals surface area contributed by atoms with Gasteiger partial charge in [-0.05, 0) is 86.7 Å². The second-order valence-electron chi connectivity index (χ2n) is 21.9. The Hall–Kier alpha value is -8.56.